The van der Waals surface area contributed by atoms with Crippen LogP contribution < -0.4 is 5.32 Å². The van der Waals surface area contributed by atoms with Crippen LogP contribution in [0.4, 0.5) is 5.82 Å². The van der Waals surface area contributed by atoms with E-state index in [0.717, 1.165) is 69.5 Å². The average molecular weight is 346 g/mol. The number of amides is 1. The highest BCUT2D eigenvalue weighted by molar-refractivity contribution is 5.77. The minimum Gasteiger partial charge on any atom is -0.389 e. The lowest BCUT2D eigenvalue weighted by atomic mass is 9.82. The predicted molar refractivity (Wildman–Crippen MR) is 97.2 cm³/mol. The summed E-state index contributed by atoms with van der Waals surface area (Å²) in [6, 6.07) is 0. The van der Waals surface area contributed by atoms with Crippen LogP contribution in [0.1, 0.15) is 57.1 Å². The van der Waals surface area contributed by atoms with Gasteiger partial charge in [0.05, 0.1) is 17.7 Å². The number of carbonyl (C=O) groups excluding carboxylic acids is 1. The average Bonchev–Trinajstić information content (AvgIpc) is 2.62. The zero-order valence-corrected chi connectivity index (χ0v) is 15.2. The molecule has 0 bridgehead atoms. The standard InChI is InChI=1S/C19H30N4O2/c1-20-18-16(21-9-10-22-18)12-15-6-5-11-23(14-15)17(24)13-19(25)7-3-2-4-8-19/h9-10,15,25H,2-8,11-14H2,1H3,(H,20,22). The summed E-state index contributed by atoms with van der Waals surface area (Å²) in [5.74, 6) is 1.34. The first-order valence-electron chi connectivity index (χ1n) is 9.57. The summed E-state index contributed by atoms with van der Waals surface area (Å²) < 4.78 is 0. The lowest BCUT2D eigenvalue weighted by Gasteiger charge is -2.37. The molecule has 1 aliphatic heterocycles. The highest BCUT2D eigenvalue weighted by Crippen LogP contribution is 2.32. The molecular formula is C19H30N4O2. The Morgan fingerprint density at radius 3 is 2.80 bits per heavy atom. The van der Waals surface area contributed by atoms with E-state index in [0.29, 0.717) is 5.92 Å². The molecule has 0 aromatic carbocycles. The van der Waals surface area contributed by atoms with Crippen molar-refractivity contribution in [3.8, 4) is 0 Å². The topological polar surface area (TPSA) is 78.4 Å². The van der Waals surface area contributed by atoms with Crippen molar-refractivity contribution < 1.29 is 9.90 Å². The van der Waals surface area contributed by atoms with Gasteiger partial charge in [-0.25, -0.2) is 4.98 Å². The van der Waals surface area contributed by atoms with Crippen LogP contribution in [0.2, 0.25) is 0 Å². The van der Waals surface area contributed by atoms with Gasteiger partial charge < -0.3 is 15.3 Å². The molecule has 2 N–H and O–H groups in total. The van der Waals surface area contributed by atoms with Crippen molar-refractivity contribution in [2.45, 2.75) is 63.4 Å². The van der Waals surface area contributed by atoms with E-state index in [1.165, 1.54) is 6.42 Å². The van der Waals surface area contributed by atoms with Gasteiger partial charge >= 0.3 is 0 Å². The van der Waals surface area contributed by atoms with Gasteiger partial charge in [0.2, 0.25) is 5.91 Å². The summed E-state index contributed by atoms with van der Waals surface area (Å²) in [5, 5.41) is 13.8. The first-order valence-corrected chi connectivity index (χ1v) is 9.57. The number of hydrogen-bond donors (Lipinski definition) is 2. The normalized spacial score (nSPS) is 23.3. The van der Waals surface area contributed by atoms with Crippen molar-refractivity contribution in [2.75, 3.05) is 25.5 Å². The van der Waals surface area contributed by atoms with Gasteiger partial charge in [0, 0.05) is 32.5 Å². The fourth-order valence-electron chi connectivity index (χ4n) is 4.24. The molecule has 1 saturated heterocycles. The Balaban J connectivity index is 1.58. The van der Waals surface area contributed by atoms with Crippen molar-refractivity contribution in [1.82, 2.24) is 14.9 Å². The van der Waals surface area contributed by atoms with E-state index in [2.05, 4.69) is 15.3 Å². The molecule has 6 nitrogen and oxygen atoms in total. The highest BCUT2D eigenvalue weighted by atomic mass is 16.3. The summed E-state index contributed by atoms with van der Waals surface area (Å²) in [6.45, 7) is 1.57. The summed E-state index contributed by atoms with van der Waals surface area (Å²) in [5.41, 5.74) is 0.196. The zero-order valence-electron chi connectivity index (χ0n) is 15.2. The Kier molecular flexibility index (Phi) is 5.89. The Morgan fingerprint density at radius 2 is 2.04 bits per heavy atom. The second-order valence-corrected chi connectivity index (χ2v) is 7.62. The van der Waals surface area contributed by atoms with Crippen LogP contribution in [0, 0.1) is 5.92 Å². The van der Waals surface area contributed by atoms with Gasteiger partial charge in [-0.15, -0.1) is 0 Å². The number of aromatic nitrogens is 2. The molecule has 2 aliphatic rings. The number of rotatable bonds is 5. The molecule has 1 unspecified atom stereocenters. The van der Waals surface area contributed by atoms with E-state index >= 15 is 0 Å². The van der Waals surface area contributed by atoms with E-state index in [9.17, 15) is 9.90 Å². The molecule has 1 saturated carbocycles. The maximum absolute atomic E-state index is 12.7. The van der Waals surface area contributed by atoms with Crippen LogP contribution in [-0.2, 0) is 11.2 Å². The predicted octanol–water partition coefficient (Wildman–Crippen LogP) is 2.38. The number of piperidine rings is 1. The molecule has 3 rings (SSSR count). The Bertz CT molecular complexity index is 587. The van der Waals surface area contributed by atoms with Gasteiger partial charge in [-0.1, -0.05) is 19.3 Å². The van der Waals surface area contributed by atoms with Gasteiger partial charge in [-0.05, 0) is 38.0 Å². The summed E-state index contributed by atoms with van der Waals surface area (Å²) in [6.07, 6.45) is 11.4. The van der Waals surface area contributed by atoms with Gasteiger partial charge in [0.1, 0.15) is 5.82 Å². The fourth-order valence-corrected chi connectivity index (χ4v) is 4.24. The van der Waals surface area contributed by atoms with Crippen LogP contribution >= 0.6 is 0 Å². The minimum absolute atomic E-state index is 0.113. The third-order valence-corrected chi connectivity index (χ3v) is 5.63. The van der Waals surface area contributed by atoms with E-state index in [1.54, 1.807) is 12.4 Å². The molecule has 2 fully saturated rings. The third kappa shape index (κ3) is 4.69. The number of nitrogens with one attached hydrogen (secondary N) is 1. The van der Waals surface area contributed by atoms with Gasteiger partial charge in [0.15, 0.2) is 0 Å². The number of anilines is 1. The maximum atomic E-state index is 12.7. The SMILES string of the molecule is CNc1nccnc1CC1CCCN(C(=O)CC2(O)CCCCC2)C1. The quantitative estimate of drug-likeness (QED) is 0.856. The summed E-state index contributed by atoms with van der Waals surface area (Å²) in [4.78, 5) is 23.4. The monoisotopic (exact) mass is 346 g/mol. The Morgan fingerprint density at radius 1 is 1.28 bits per heavy atom. The first-order chi connectivity index (χ1) is 12.1. The summed E-state index contributed by atoms with van der Waals surface area (Å²) in [7, 11) is 1.86. The molecule has 138 valence electrons. The first kappa shape index (κ1) is 18.1. The molecular weight excluding hydrogens is 316 g/mol. The van der Waals surface area contributed by atoms with Crippen molar-refractivity contribution in [2.24, 2.45) is 5.92 Å². The van der Waals surface area contributed by atoms with Crippen molar-refractivity contribution >= 4 is 11.7 Å². The molecule has 1 aromatic heterocycles. The second-order valence-electron chi connectivity index (χ2n) is 7.62. The molecule has 25 heavy (non-hydrogen) atoms. The van der Waals surface area contributed by atoms with Crippen LogP contribution in [0.15, 0.2) is 12.4 Å². The number of nitrogens with zero attached hydrogens (tertiary/aromatic N) is 3. The van der Waals surface area contributed by atoms with E-state index in [4.69, 9.17) is 0 Å². The van der Waals surface area contributed by atoms with Crippen LogP contribution in [0.25, 0.3) is 0 Å². The number of aliphatic hydroxyl groups is 1. The van der Waals surface area contributed by atoms with Crippen LogP contribution in [0.3, 0.4) is 0 Å². The summed E-state index contributed by atoms with van der Waals surface area (Å²) >= 11 is 0. The van der Waals surface area contributed by atoms with Crippen LogP contribution in [-0.4, -0.2) is 51.6 Å². The Labute approximate surface area is 150 Å². The fraction of sp³-hybridized carbons (Fsp3) is 0.737. The van der Waals surface area contributed by atoms with Crippen molar-refractivity contribution in [3.05, 3.63) is 18.1 Å². The highest BCUT2D eigenvalue weighted by Gasteiger charge is 2.34. The molecule has 1 amide bonds. The van der Waals surface area contributed by atoms with E-state index in [-0.39, 0.29) is 12.3 Å². The molecule has 6 heteroatoms. The van der Waals surface area contributed by atoms with Gasteiger partial charge in [-0.3, -0.25) is 9.78 Å². The number of likely N-dealkylation sites (tertiary alicyclic amines) is 1. The van der Waals surface area contributed by atoms with E-state index < -0.39 is 5.60 Å². The molecule has 1 aromatic rings. The Hall–Kier alpha value is -1.69. The lowest BCUT2D eigenvalue weighted by molar-refractivity contribution is -0.139. The minimum atomic E-state index is -0.771. The smallest absolute Gasteiger partial charge is 0.225 e. The molecule has 1 aliphatic carbocycles. The van der Waals surface area contributed by atoms with Gasteiger partial charge in [-0.2, -0.15) is 0 Å². The van der Waals surface area contributed by atoms with E-state index in [1.807, 2.05) is 11.9 Å². The molecule has 0 radical (unpaired) electrons. The zero-order chi connectivity index (χ0) is 17.7. The molecule has 1 atom stereocenters. The number of hydrogen-bond acceptors (Lipinski definition) is 5. The molecule has 0 spiro atoms. The third-order valence-electron chi connectivity index (χ3n) is 5.63. The largest absolute Gasteiger partial charge is 0.389 e. The van der Waals surface area contributed by atoms with Crippen molar-refractivity contribution in [3.63, 3.8) is 0 Å². The number of carbonyl (C=O) groups is 1. The van der Waals surface area contributed by atoms with Gasteiger partial charge in [0.25, 0.3) is 0 Å². The van der Waals surface area contributed by atoms with Crippen molar-refractivity contribution in [1.29, 1.82) is 0 Å². The van der Waals surface area contributed by atoms with Crippen LogP contribution in [0.5, 0.6) is 0 Å². The second kappa shape index (κ2) is 8.13. The molecule has 2 heterocycles. The maximum Gasteiger partial charge on any atom is 0.225 e. The lowest BCUT2D eigenvalue weighted by Crippen LogP contribution is -2.45.